The molecule has 1 aliphatic rings. The van der Waals surface area contributed by atoms with Gasteiger partial charge < -0.3 is 9.87 Å². The second-order valence-corrected chi connectivity index (χ2v) is 5.97. The highest BCUT2D eigenvalue weighted by molar-refractivity contribution is 7.81. The topological polar surface area (TPSA) is 66.4 Å². The van der Waals surface area contributed by atoms with Gasteiger partial charge in [-0.1, -0.05) is 12.8 Å². The third-order valence-electron chi connectivity index (χ3n) is 2.70. The van der Waals surface area contributed by atoms with Gasteiger partial charge in [0, 0.05) is 11.4 Å². The van der Waals surface area contributed by atoms with E-state index in [-0.39, 0.29) is 11.9 Å². The Morgan fingerprint density at radius 1 is 1.50 bits per heavy atom. The van der Waals surface area contributed by atoms with Crippen LogP contribution >= 0.6 is 11.3 Å². The third-order valence-corrected chi connectivity index (χ3v) is 4.60. The molecule has 1 saturated carbocycles. The summed E-state index contributed by atoms with van der Waals surface area (Å²) >= 11 is -0.857. The second kappa shape index (κ2) is 5.07. The van der Waals surface area contributed by atoms with Gasteiger partial charge in [0.25, 0.3) is 5.91 Å². The molecule has 0 aliphatic heterocycles. The molecule has 88 valence electrons. The Bertz CT molecular complexity index is 410. The highest BCUT2D eigenvalue weighted by atomic mass is 32.2. The molecule has 2 rings (SSSR count). The van der Waals surface area contributed by atoms with Crippen molar-refractivity contribution in [2.45, 2.75) is 35.9 Å². The Balaban J connectivity index is 1.99. The van der Waals surface area contributed by atoms with Crippen LogP contribution in [0.15, 0.2) is 15.7 Å². The lowest BCUT2D eigenvalue weighted by atomic mass is 10.2. The highest BCUT2D eigenvalue weighted by Crippen LogP contribution is 2.20. The molecule has 0 radical (unpaired) electrons. The van der Waals surface area contributed by atoms with Crippen LogP contribution in [0.2, 0.25) is 0 Å². The first-order valence-electron chi connectivity index (χ1n) is 5.17. The van der Waals surface area contributed by atoms with E-state index in [1.54, 1.807) is 5.38 Å². The molecule has 1 aliphatic carbocycles. The first kappa shape index (κ1) is 11.8. The molecule has 1 atom stereocenters. The van der Waals surface area contributed by atoms with E-state index in [9.17, 15) is 9.00 Å². The summed E-state index contributed by atoms with van der Waals surface area (Å²) in [5, 5.41) is 4.55. The van der Waals surface area contributed by atoms with E-state index >= 15 is 0 Å². The van der Waals surface area contributed by atoms with Gasteiger partial charge in [0.1, 0.15) is 4.21 Å². The number of hydrogen-bond acceptors (Lipinski definition) is 3. The molecule has 1 aromatic heterocycles. The number of hydrogen-bond donors (Lipinski definition) is 2. The van der Waals surface area contributed by atoms with Crippen LogP contribution in [0.25, 0.3) is 0 Å². The van der Waals surface area contributed by atoms with Crippen LogP contribution in [0.5, 0.6) is 0 Å². The fraction of sp³-hybridized carbons (Fsp3) is 0.500. The molecule has 2 N–H and O–H groups in total. The molecule has 1 fully saturated rings. The smallest absolute Gasteiger partial charge is 0.252 e. The number of thiophene rings is 1. The quantitative estimate of drug-likeness (QED) is 0.816. The van der Waals surface area contributed by atoms with E-state index in [0.717, 1.165) is 24.2 Å². The van der Waals surface area contributed by atoms with Crippen molar-refractivity contribution in [1.29, 1.82) is 0 Å². The summed E-state index contributed by atoms with van der Waals surface area (Å²) in [6.07, 6.45) is 4.41. The monoisotopic (exact) mass is 259 g/mol. The molecule has 1 heterocycles. The van der Waals surface area contributed by atoms with E-state index < -0.39 is 11.1 Å². The summed E-state index contributed by atoms with van der Waals surface area (Å²) in [6, 6.07) is 1.75. The Morgan fingerprint density at radius 2 is 2.19 bits per heavy atom. The molecule has 0 saturated heterocycles. The van der Waals surface area contributed by atoms with Crippen molar-refractivity contribution < 1.29 is 13.6 Å². The number of carbonyl (C=O) groups excluding carboxylic acids is 1. The summed E-state index contributed by atoms with van der Waals surface area (Å²) in [5.41, 5.74) is 0.481. The molecule has 16 heavy (non-hydrogen) atoms. The van der Waals surface area contributed by atoms with E-state index in [4.69, 9.17) is 4.55 Å². The molecule has 1 unspecified atom stereocenters. The second-order valence-electron chi connectivity index (χ2n) is 3.86. The minimum Gasteiger partial charge on any atom is -0.349 e. The fourth-order valence-corrected chi connectivity index (χ4v) is 3.18. The molecular formula is C10H13NO3S2. The Labute approximate surface area is 100 Å². The minimum atomic E-state index is -1.99. The molecule has 4 nitrogen and oxygen atoms in total. The van der Waals surface area contributed by atoms with Crippen molar-refractivity contribution in [2.75, 3.05) is 0 Å². The maximum absolute atomic E-state index is 11.8. The van der Waals surface area contributed by atoms with Gasteiger partial charge in [0.15, 0.2) is 11.1 Å². The first-order valence-corrected chi connectivity index (χ1v) is 7.15. The maximum Gasteiger partial charge on any atom is 0.252 e. The van der Waals surface area contributed by atoms with Gasteiger partial charge in [-0.2, -0.15) is 0 Å². The number of carbonyl (C=O) groups is 1. The van der Waals surface area contributed by atoms with Crippen LogP contribution in [0.1, 0.15) is 36.0 Å². The van der Waals surface area contributed by atoms with Crippen molar-refractivity contribution in [3.05, 3.63) is 17.0 Å². The molecule has 0 aromatic carbocycles. The van der Waals surface area contributed by atoms with Gasteiger partial charge in [-0.3, -0.25) is 4.79 Å². The van der Waals surface area contributed by atoms with E-state index in [1.165, 1.54) is 18.9 Å². The summed E-state index contributed by atoms with van der Waals surface area (Å²) in [6.45, 7) is 0. The van der Waals surface area contributed by atoms with Crippen molar-refractivity contribution >= 4 is 28.3 Å². The van der Waals surface area contributed by atoms with Crippen molar-refractivity contribution in [1.82, 2.24) is 5.32 Å². The SMILES string of the molecule is O=C(NC1CCCC1)c1csc(S(=O)O)c1. The van der Waals surface area contributed by atoms with E-state index in [0.29, 0.717) is 9.77 Å². The Morgan fingerprint density at radius 3 is 2.75 bits per heavy atom. The highest BCUT2D eigenvalue weighted by Gasteiger charge is 2.19. The van der Waals surface area contributed by atoms with Crippen LogP contribution in [0.4, 0.5) is 0 Å². The van der Waals surface area contributed by atoms with Crippen LogP contribution in [-0.4, -0.2) is 20.7 Å². The average molecular weight is 259 g/mol. The fourth-order valence-electron chi connectivity index (χ4n) is 1.87. The van der Waals surface area contributed by atoms with E-state index in [1.807, 2.05) is 0 Å². The number of rotatable bonds is 3. The zero-order chi connectivity index (χ0) is 11.5. The predicted octanol–water partition coefficient (Wildman–Crippen LogP) is 2.00. The van der Waals surface area contributed by atoms with Gasteiger partial charge in [-0.05, 0) is 18.9 Å². The van der Waals surface area contributed by atoms with Crippen LogP contribution in [-0.2, 0) is 11.1 Å². The van der Waals surface area contributed by atoms with Crippen molar-refractivity contribution in [2.24, 2.45) is 0 Å². The lowest BCUT2D eigenvalue weighted by molar-refractivity contribution is 0.0938. The predicted molar refractivity (Wildman–Crippen MR) is 63.1 cm³/mol. The van der Waals surface area contributed by atoms with Gasteiger partial charge >= 0.3 is 0 Å². The summed E-state index contributed by atoms with van der Waals surface area (Å²) in [4.78, 5) is 11.8. The first-order chi connectivity index (χ1) is 7.66. The van der Waals surface area contributed by atoms with Gasteiger partial charge in [-0.25, -0.2) is 4.21 Å². The van der Waals surface area contributed by atoms with Gasteiger partial charge in [-0.15, -0.1) is 11.3 Å². The summed E-state index contributed by atoms with van der Waals surface area (Å²) in [5.74, 6) is -0.139. The average Bonchev–Trinajstić information content (AvgIpc) is 2.86. The molecule has 1 amide bonds. The minimum absolute atomic E-state index is 0.139. The standard InChI is InChI=1S/C10H13NO3S2/c12-10(11-8-3-1-2-4-8)7-5-9(15-6-7)16(13)14/h5-6,8H,1-4H2,(H,11,12)(H,13,14). The van der Waals surface area contributed by atoms with Crippen molar-refractivity contribution in [3.8, 4) is 0 Å². The summed E-state index contributed by atoms with van der Waals surface area (Å²) in [7, 11) is 0. The third kappa shape index (κ3) is 2.69. The molecular weight excluding hydrogens is 246 g/mol. The molecule has 0 bridgehead atoms. The largest absolute Gasteiger partial charge is 0.349 e. The lowest BCUT2D eigenvalue weighted by Gasteiger charge is -2.10. The van der Waals surface area contributed by atoms with Crippen LogP contribution in [0.3, 0.4) is 0 Å². The zero-order valence-corrected chi connectivity index (χ0v) is 10.3. The van der Waals surface area contributed by atoms with E-state index in [2.05, 4.69) is 5.32 Å². The zero-order valence-electron chi connectivity index (χ0n) is 8.64. The number of nitrogens with one attached hydrogen (secondary N) is 1. The lowest BCUT2D eigenvalue weighted by Crippen LogP contribution is -2.32. The Hall–Kier alpha value is -0.720. The van der Waals surface area contributed by atoms with Crippen LogP contribution < -0.4 is 5.32 Å². The van der Waals surface area contributed by atoms with Crippen LogP contribution in [0, 0.1) is 0 Å². The van der Waals surface area contributed by atoms with Gasteiger partial charge in [0.2, 0.25) is 0 Å². The number of amides is 1. The molecule has 6 heteroatoms. The molecule has 0 spiro atoms. The van der Waals surface area contributed by atoms with Gasteiger partial charge in [0.05, 0.1) is 5.56 Å². The summed E-state index contributed by atoms with van der Waals surface area (Å²) < 4.78 is 19.9. The normalized spacial score (nSPS) is 18.6. The van der Waals surface area contributed by atoms with Crippen molar-refractivity contribution in [3.63, 3.8) is 0 Å². The molecule has 1 aromatic rings. The maximum atomic E-state index is 11.8. The Kier molecular flexibility index (Phi) is 3.73.